The quantitative estimate of drug-likeness (QED) is 0.366. The molecule has 0 aliphatic heterocycles. The van der Waals surface area contributed by atoms with Gasteiger partial charge in [-0.2, -0.15) is 0 Å². The van der Waals surface area contributed by atoms with Crippen LogP contribution in [0.5, 0.6) is 0 Å². The normalized spacial score (nSPS) is 14.7. The molecule has 0 saturated carbocycles. The molecule has 0 fully saturated rings. The first-order valence-electron chi connectivity index (χ1n) is 2.59. The summed E-state index contributed by atoms with van der Waals surface area (Å²) in [4.78, 5) is 0. The summed E-state index contributed by atoms with van der Waals surface area (Å²) in [6.07, 6.45) is 1.08. The molecular weight excluding hydrogens is 210 g/mol. The predicted octanol–water partition coefficient (Wildman–Crippen LogP) is -0.937. The number of hydrogen-bond acceptors (Lipinski definition) is 5. The van der Waals surface area contributed by atoms with Gasteiger partial charge in [0.1, 0.15) is 0 Å². The zero-order valence-corrected chi connectivity index (χ0v) is 8.22. The zero-order chi connectivity index (χ0) is 8.91. The summed E-state index contributed by atoms with van der Waals surface area (Å²) >= 11 is -2.30. The molecule has 1 N–H and O–H groups in total. The molecule has 0 bridgehead atoms. The second-order valence-corrected chi connectivity index (χ2v) is 6.99. The minimum atomic E-state index is -3.05. The van der Waals surface area contributed by atoms with Crippen LogP contribution in [-0.4, -0.2) is 35.7 Å². The lowest BCUT2D eigenvalue weighted by Gasteiger charge is -2.04. The van der Waals surface area contributed by atoms with Crippen LogP contribution in [-0.2, 0) is 20.1 Å². The van der Waals surface area contributed by atoms with Crippen LogP contribution in [0.2, 0.25) is 0 Å². The molecule has 0 rings (SSSR count). The highest BCUT2D eigenvalue weighted by Gasteiger charge is 2.00. The Labute approximate surface area is 71.7 Å². The molecule has 68 valence electrons. The molecule has 8 heteroatoms. The van der Waals surface area contributed by atoms with Crippen molar-refractivity contribution in [2.24, 2.45) is 0 Å². The third-order valence-corrected chi connectivity index (χ3v) is 3.64. The molecule has 1 unspecified atom stereocenters. The Morgan fingerprint density at radius 1 is 1.64 bits per heavy atom. The van der Waals surface area contributed by atoms with Crippen LogP contribution in [0.4, 0.5) is 0 Å². The molecule has 0 amide bonds. The van der Waals surface area contributed by atoms with Crippen molar-refractivity contribution in [3.05, 3.63) is 0 Å². The maximum atomic E-state index is 10.5. The predicted molar refractivity (Wildman–Crippen MR) is 44.2 cm³/mol. The molecule has 0 radical (unpaired) electrons. The standard InChI is InChI=1S/C3H9NO4S3/c1-11(7,8)9-3-2-4-10(5)6/h4H,2-3H2,1H3,(H,5,6)/p-1. The molecule has 0 aliphatic carbocycles. The van der Waals surface area contributed by atoms with E-state index in [0.29, 0.717) is 10.8 Å². The van der Waals surface area contributed by atoms with Crippen LogP contribution in [0.3, 0.4) is 0 Å². The first-order valence-corrected chi connectivity index (χ1v) is 7.06. The van der Waals surface area contributed by atoms with Crippen LogP contribution in [0.1, 0.15) is 0 Å². The lowest BCUT2D eigenvalue weighted by Crippen LogP contribution is -2.19. The Morgan fingerprint density at radius 2 is 2.18 bits per heavy atom. The summed E-state index contributed by atoms with van der Waals surface area (Å²) in [7, 11) is -2.33. The Morgan fingerprint density at radius 3 is 2.55 bits per heavy atom. The number of hydrogen-bond donors (Lipinski definition) is 1. The molecule has 0 aromatic rings. The summed E-state index contributed by atoms with van der Waals surface area (Å²) in [5, 5.41) is 0. The number of nitrogens with one attached hydrogen (secondary N) is 1. The SMILES string of the molecule is CS(=O)(=O)SCCNS(=O)[O-]. The van der Waals surface area contributed by atoms with Crippen LogP contribution in [0.15, 0.2) is 0 Å². The highest BCUT2D eigenvalue weighted by atomic mass is 33.1. The van der Waals surface area contributed by atoms with Gasteiger partial charge in [-0.15, -0.1) is 0 Å². The van der Waals surface area contributed by atoms with E-state index in [4.69, 9.17) is 0 Å². The van der Waals surface area contributed by atoms with E-state index in [9.17, 15) is 17.2 Å². The summed E-state index contributed by atoms with van der Waals surface area (Å²) in [5.74, 6) is 0.229. The van der Waals surface area contributed by atoms with E-state index >= 15 is 0 Å². The van der Waals surface area contributed by atoms with Gasteiger partial charge in [0.15, 0.2) is 8.87 Å². The van der Waals surface area contributed by atoms with Crippen molar-refractivity contribution >= 4 is 30.9 Å². The summed E-state index contributed by atoms with van der Waals surface area (Å²) in [6, 6.07) is 0. The fraction of sp³-hybridized carbons (Fsp3) is 1.00. The van der Waals surface area contributed by atoms with Gasteiger partial charge in [0.05, 0.1) is 0 Å². The van der Waals surface area contributed by atoms with Gasteiger partial charge in [-0.3, -0.25) is 4.21 Å². The maximum absolute atomic E-state index is 10.5. The molecule has 0 aromatic carbocycles. The maximum Gasteiger partial charge on any atom is 0.198 e. The van der Waals surface area contributed by atoms with Crippen LogP contribution in [0, 0.1) is 0 Å². The first-order chi connectivity index (χ1) is 4.92. The lowest BCUT2D eigenvalue weighted by atomic mass is 10.8. The minimum Gasteiger partial charge on any atom is -0.760 e. The molecule has 0 heterocycles. The van der Waals surface area contributed by atoms with Crippen molar-refractivity contribution in [1.82, 2.24) is 4.72 Å². The van der Waals surface area contributed by atoms with Gasteiger partial charge in [0.25, 0.3) is 0 Å². The van der Waals surface area contributed by atoms with Gasteiger partial charge < -0.3 is 4.55 Å². The lowest BCUT2D eigenvalue weighted by molar-refractivity contribution is 0.525. The van der Waals surface area contributed by atoms with Crippen LogP contribution in [0.25, 0.3) is 0 Å². The van der Waals surface area contributed by atoms with Crippen LogP contribution < -0.4 is 4.72 Å². The van der Waals surface area contributed by atoms with Crippen LogP contribution >= 0.6 is 10.8 Å². The van der Waals surface area contributed by atoms with Crippen molar-refractivity contribution in [3.63, 3.8) is 0 Å². The van der Waals surface area contributed by atoms with Gasteiger partial charge in [-0.05, 0) is 10.8 Å². The molecule has 0 aromatic heterocycles. The zero-order valence-electron chi connectivity index (χ0n) is 5.77. The van der Waals surface area contributed by atoms with E-state index in [1.165, 1.54) is 0 Å². The molecule has 11 heavy (non-hydrogen) atoms. The number of rotatable bonds is 5. The van der Waals surface area contributed by atoms with E-state index < -0.39 is 20.1 Å². The van der Waals surface area contributed by atoms with Crippen molar-refractivity contribution < 1.29 is 17.2 Å². The largest absolute Gasteiger partial charge is 0.760 e. The Bertz CT molecular complexity index is 223. The van der Waals surface area contributed by atoms with Crippen molar-refractivity contribution in [1.29, 1.82) is 0 Å². The highest BCUT2D eigenvalue weighted by molar-refractivity contribution is 8.71. The summed E-state index contributed by atoms with van der Waals surface area (Å²) in [5.41, 5.74) is 0. The Balaban J connectivity index is 3.37. The third-order valence-electron chi connectivity index (χ3n) is 0.619. The Hall–Kier alpha value is 0.370. The molecule has 0 aliphatic rings. The molecule has 0 saturated heterocycles. The van der Waals surface area contributed by atoms with Crippen molar-refractivity contribution in [2.75, 3.05) is 18.6 Å². The fourth-order valence-corrected chi connectivity index (χ4v) is 2.36. The second kappa shape index (κ2) is 5.09. The van der Waals surface area contributed by atoms with Gasteiger partial charge in [0, 0.05) is 29.8 Å². The molecular formula is C3H8NO4S3-. The second-order valence-electron chi connectivity index (χ2n) is 1.66. The smallest absolute Gasteiger partial charge is 0.198 e. The third kappa shape index (κ3) is 10.4. The van der Waals surface area contributed by atoms with E-state index in [1.54, 1.807) is 0 Å². The van der Waals surface area contributed by atoms with Gasteiger partial charge in [0.2, 0.25) is 0 Å². The minimum absolute atomic E-state index is 0.133. The fourth-order valence-electron chi connectivity index (χ4n) is 0.318. The van der Waals surface area contributed by atoms with Gasteiger partial charge >= 0.3 is 0 Å². The van der Waals surface area contributed by atoms with E-state index in [-0.39, 0.29) is 12.3 Å². The van der Waals surface area contributed by atoms with E-state index in [2.05, 4.69) is 0 Å². The van der Waals surface area contributed by atoms with Crippen molar-refractivity contribution in [3.8, 4) is 0 Å². The topological polar surface area (TPSA) is 86.3 Å². The molecule has 1 atom stereocenters. The average molecular weight is 218 g/mol. The molecule has 5 nitrogen and oxygen atoms in total. The van der Waals surface area contributed by atoms with Gasteiger partial charge in [-0.25, -0.2) is 13.1 Å². The highest BCUT2D eigenvalue weighted by Crippen LogP contribution is 2.07. The van der Waals surface area contributed by atoms with Crippen molar-refractivity contribution in [2.45, 2.75) is 0 Å². The average Bonchev–Trinajstić information content (AvgIpc) is 1.78. The monoisotopic (exact) mass is 218 g/mol. The van der Waals surface area contributed by atoms with E-state index in [0.717, 1.165) is 6.26 Å². The van der Waals surface area contributed by atoms with E-state index in [1.807, 2.05) is 4.72 Å². The summed E-state index contributed by atoms with van der Waals surface area (Å²) in [6.45, 7) is 0.133. The Kier molecular flexibility index (Phi) is 5.26. The first kappa shape index (κ1) is 11.4. The molecule has 0 spiro atoms. The van der Waals surface area contributed by atoms with Gasteiger partial charge in [-0.1, -0.05) is 0 Å². The summed E-state index contributed by atoms with van der Waals surface area (Å²) < 4.78 is 42.7.